The fourth-order valence-corrected chi connectivity index (χ4v) is 3.05. The number of hydrogen-bond donors (Lipinski definition) is 2. The highest BCUT2D eigenvalue weighted by atomic mass is 16.3. The summed E-state index contributed by atoms with van der Waals surface area (Å²) in [4.78, 5) is 6.61. The van der Waals surface area contributed by atoms with Crippen molar-refractivity contribution in [1.29, 1.82) is 0 Å². The Labute approximate surface area is 115 Å². The number of aliphatic hydroxyl groups excluding tert-OH is 1. The number of nitrogens with two attached hydrogens (primary N) is 1. The minimum Gasteiger partial charge on any atom is -0.394 e. The van der Waals surface area contributed by atoms with Gasteiger partial charge in [-0.05, 0) is 38.8 Å². The summed E-state index contributed by atoms with van der Waals surface area (Å²) >= 11 is 0. The second kappa shape index (κ2) is 6.03. The van der Waals surface area contributed by atoms with Gasteiger partial charge in [0.25, 0.3) is 0 Å². The molecule has 3 N–H and O–H groups in total. The van der Waals surface area contributed by atoms with Gasteiger partial charge in [0.15, 0.2) is 0 Å². The predicted molar refractivity (Wildman–Crippen MR) is 75.5 cm³/mol. The third kappa shape index (κ3) is 3.35. The van der Waals surface area contributed by atoms with Crippen molar-refractivity contribution in [2.75, 3.05) is 20.2 Å². The summed E-state index contributed by atoms with van der Waals surface area (Å²) < 4.78 is 2.05. The highest BCUT2D eigenvalue weighted by molar-refractivity contribution is 4.96. The lowest BCUT2D eigenvalue weighted by Gasteiger charge is -2.30. The van der Waals surface area contributed by atoms with E-state index in [1.807, 2.05) is 24.0 Å². The Bertz CT molecular complexity index is 406. The van der Waals surface area contributed by atoms with Crippen LogP contribution in [-0.2, 0) is 13.6 Å². The number of aliphatic hydroxyl groups is 1. The van der Waals surface area contributed by atoms with Gasteiger partial charge in [-0.2, -0.15) is 0 Å². The molecule has 2 unspecified atom stereocenters. The predicted octanol–water partition coefficient (Wildman–Crippen LogP) is 0.732. The minimum atomic E-state index is -0.343. The van der Waals surface area contributed by atoms with Crippen molar-refractivity contribution >= 4 is 0 Å². The summed E-state index contributed by atoms with van der Waals surface area (Å²) in [5, 5.41) is 9.45. The molecular weight excluding hydrogens is 240 g/mol. The highest BCUT2D eigenvalue weighted by Gasteiger charge is 2.38. The van der Waals surface area contributed by atoms with Gasteiger partial charge in [-0.3, -0.25) is 4.90 Å². The van der Waals surface area contributed by atoms with Crippen molar-refractivity contribution in [1.82, 2.24) is 14.5 Å². The molecule has 0 aliphatic heterocycles. The first kappa shape index (κ1) is 14.5. The number of hydrogen-bond acceptors (Lipinski definition) is 4. The van der Waals surface area contributed by atoms with Crippen LogP contribution in [-0.4, -0.2) is 45.3 Å². The zero-order chi connectivity index (χ0) is 13.9. The molecule has 1 aromatic heterocycles. The smallest absolute Gasteiger partial charge is 0.122 e. The number of rotatable bonds is 6. The van der Waals surface area contributed by atoms with E-state index in [2.05, 4.69) is 16.9 Å². The quantitative estimate of drug-likeness (QED) is 0.796. The molecule has 1 saturated carbocycles. The van der Waals surface area contributed by atoms with E-state index in [0.717, 1.165) is 44.6 Å². The number of nitrogens with zero attached hydrogens (tertiary/aromatic N) is 3. The highest BCUT2D eigenvalue weighted by Crippen LogP contribution is 2.35. The average Bonchev–Trinajstić information content (AvgIpc) is 2.95. The van der Waals surface area contributed by atoms with E-state index in [9.17, 15) is 5.11 Å². The van der Waals surface area contributed by atoms with E-state index >= 15 is 0 Å². The maximum absolute atomic E-state index is 9.45. The molecule has 0 bridgehead atoms. The topological polar surface area (TPSA) is 67.3 Å². The van der Waals surface area contributed by atoms with Gasteiger partial charge in [0, 0.05) is 25.0 Å². The maximum atomic E-state index is 9.45. The van der Waals surface area contributed by atoms with Gasteiger partial charge in [-0.15, -0.1) is 0 Å². The van der Waals surface area contributed by atoms with Crippen LogP contribution < -0.4 is 5.73 Å². The van der Waals surface area contributed by atoms with Gasteiger partial charge in [-0.1, -0.05) is 6.42 Å². The van der Waals surface area contributed by atoms with Gasteiger partial charge in [0.1, 0.15) is 5.82 Å². The Morgan fingerprint density at radius 2 is 2.42 bits per heavy atom. The van der Waals surface area contributed by atoms with Gasteiger partial charge < -0.3 is 15.4 Å². The Kier molecular flexibility index (Phi) is 4.60. The third-order valence-electron chi connectivity index (χ3n) is 4.49. The number of aromatic nitrogens is 2. The van der Waals surface area contributed by atoms with Crippen LogP contribution in [0.2, 0.25) is 0 Å². The summed E-state index contributed by atoms with van der Waals surface area (Å²) in [5.74, 6) is 1.52. The molecule has 1 fully saturated rings. The van der Waals surface area contributed by atoms with Crippen LogP contribution in [0.1, 0.15) is 31.5 Å². The molecule has 0 aromatic carbocycles. The standard InChI is InChI=1S/C14H26N4O/c1-17(10-13-16-7-9-18(13)2)8-5-12-4-3-6-14(12,15)11-19/h7,9,12,19H,3-6,8,10-11,15H2,1-2H3. The summed E-state index contributed by atoms with van der Waals surface area (Å²) in [5.41, 5.74) is 5.92. The molecule has 0 radical (unpaired) electrons. The summed E-state index contributed by atoms with van der Waals surface area (Å²) in [7, 11) is 4.13. The monoisotopic (exact) mass is 266 g/mol. The van der Waals surface area contributed by atoms with E-state index in [0.29, 0.717) is 5.92 Å². The molecule has 0 amide bonds. The van der Waals surface area contributed by atoms with Crippen LogP contribution >= 0.6 is 0 Å². The largest absolute Gasteiger partial charge is 0.394 e. The molecule has 1 aromatic rings. The van der Waals surface area contributed by atoms with Crippen molar-refractivity contribution in [3.05, 3.63) is 18.2 Å². The van der Waals surface area contributed by atoms with Crippen molar-refractivity contribution in [3.8, 4) is 0 Å². The van der Waals surface area contributed by atoms with E-state index in [4.69, 9.17) is 5.73 Å². The van der Waals surface area contributed by atoms with Crippen LogP contribution in [0, 0.1) is 5.92 Å². The lowest BCUT2D eigenvalue weighted by Crippen LogP contribution is -2.47. The Hall–Kier alpha value is -0.910. The van der Waals surface area contributed by atoms with Crippen LogP contribution in [0.3, 0.4) is 0 Å². The first-order valence-electron chi connectivity index (χ1n) is 7.09. The first-order chi connectivity index (χ1) is 9.05. The molecule has 2 atom stereocenters. The number of aryl methyl sites for hydroxylation is 1. The molecule has 1 aliphatic rings. The van der Waals surface area contributed by atoms with Gasteiger partial charge in [0.2, 0.25) is 0 Å². The molecular formula is C14H26N4O. The minimum absolute atomic E-state index is 0.112. The summed E-state index contributed by atoms with van der Waals surface area (Å²) in [6.45, 7) is 1.96. The normalized spacial score (nSPS) is 27.3. The maximum Gasteiger partial charge on any atom is 0.122 e. The lowest BCUT2D eigenvalue weighted by molar-refractivity contribution is 0.146. The SMILES string of the molecule is CN(CCC1CCCC1(N)CO)Cc1nccn1C. The fourth-order valence-electron chi connectivity index (χ4n) is 3.05. The summed E-state index contributed by atoms with van der Waals surface area (Å²) in [6.07, 6.45) is 8.10. The van der Waals surface area contributed by atoms with E-state index in [-0.39, 0.29) is 12.1 Å². The van der Waals surface area contributed by atoms with E-state index < -0.39 is 0 Å². The van der Waals surface area contributed by atoms with Crippen molar-refractivity contribution in [3.63, 3.8) is 0 Å². The molecule has 1 heterocycles. The Balaban J connectivity index is 1.80. The zero-order valence-electron chi connectivity index (χ0n) is 12.0. The molecule has 0 spiro atoms. The van der Waals surface area contributed by atoms with Crippen LogP contribution in [0.15, 0.2) is 12.4 Å². The van der Waals surface area contributed by atoms with Crippen molar-refractivity contribution < 1.29 is 5.11 Å². The second-order valence-corrected chi connectivity index (χ2v) is 5.96. The van der Waals surface area contributed by atoms with Gasteiger partial charge in [0.05, 0.1) is 13.2 Å². The lowest BCUT2D eigenvalue weighted by atomic mass is 9.86. The molecule has 5 nitrogen and oxygen atoms in total. The molecule has 5 heteroatoms. The van der Waals surface area contributed by atoms with E-state index in [1.54, 1.807) is 0 Å². The second-order valence-electron chi connectivity index (χ2n) is 5.96. The molecule has 19 heavy (non-hydrogen) atoms. The molecule has 108 valence electrons. The number of imidazole rings is 1. The van der Waals surface area contributed by atoms with E-state index in [1.165, 1.54) is 0 Å². The molecule has 2 rings (SSSR count). The summed E-state index contributed by atoms with van der Waals surface area (Å²) in [6, 6.07) is 0. The van der Waals surface area contributed by atoms with Crippen molar-refractivity contribution in [2.45, 2.75) is 37.8 Å². The van der Waals surface area contributed by atoms with Crippen LogP contribution in [0.25, 0.3) is 0 Å². The molecule has 0 saturated heterocycles. The van der Waals surface area contributed by atoms with Crippen molar-refractivity contribution in [2.24, 2.45) is 18.7 Å². The van der Waals surface area contributed by atoms with Gasteiger partial charge >= 0.3 is 0 Å². The Morgan fingerprint density at radius 1 is 1.63 bits per heavy atom. The fraction of sp³-hybridized carbons (Fsp3) is 0.786. The first-order valence-corrected chi connectivity index (χ1v) is 7.09. The Morgan fingerprint density at radius 3 is 3.05 bits per heavy atom. The molecule has 1 aliphatic carbocycles. The van der Waals surface area contributed by atoms with Gasteiger partial charge in [-0.25, -0.2) is 4.98 Å². The van der Waals surface area contributed by atoms with Crippen LogP contribution in [0.5, 0.6) is 0 Å². The van der Waals surface area contributed by atoms with Crippen LogP contribution in [0.4, 0.5) is 0 Å². The average molecular weight is 266 g/mol. The zero-order valence-corrected chi connectivity index (χ0v) is 12.0. The third-order valence-corrected chi connectivity index (χ3v) is 4.49.